The minimum atomic E-state index is -3.49. The molecule has 3 unspecified atom stereocenters. The molecule has 0 fully saturated rings. The van der Waals surface area contributed by atoms with Crippen LogP contribution in [-0.4, -0.2) is 249 Å². The summed E-state index contributed by atoms with van der Waals surface area (Å²) >= 11 is 0. The summed E-state index contributed by atoms with van der Waals surface area (Å²) in [7, 11) is 18.8. The van der Waals surface area contributed by atoms with Crippen molar-refractivity contribution in [1.29, 1.82) is 0 Å². The van der Waals surface area contributed by atoms with Crippen molar-refractivity contribution in [3.05, 3.63) is 163 Å². The van der Waals surface area contributed by atoms with Crippen LogP contribution in [-0.2, 0) is 124 Å². The third kappa shape index (κ3) is 24.1. The SMILES string of the molecule is Cn1cnc2c1c(=O)n(CCCCC(O)CO)c(=O)n2C.Cn1cnc2c1c(=O)n(CCCC[C@@H](O)CO)c(=O)n2C.[2H]C([2H])(O)C(O)C([2H])([2H])CCCn1c(=O)c2c(ncn2C)n(C)c1=O.[2H]C([2H])(O)C([2H])(O)C([2H])([2H])CCCn1c(=O)c2c(ncn2C)n(C)c1=O.[2H]C([2H])(O)[C@H](O)C([2H])([2H])CCCn1c(=O)c2c(ncn2C)n(C)c1=O.[2H]C([2H])(O)[C@]([2H])(O)C([2H])([2H])CCCn1c(=O)c2c(ncn2C)n(C)c1=O. The Morgan fingerprint density at radius 1 is 0.262 bits per heavy atom. The van der Waals surface area contributed by atoms with Crippen LogP contribution in [0.25, 0.3) is 67.0 Å². The molecule has 12 aromatic heterocycles. The first-order valence-corrected chi connectivity index (χ1v) is 39.1. The third-order valence-corrected chi connectivity index (χ3v) is 19.9. The molecule has 12 heterocycles. The molecule has 12 N–H and O–H groups in total. The van der Waals surface area contributed by atoms with E-state index < -0.39 is 158 Å². The van der Waals surface area contributed by atoms with Crippen LogP contribution in [0.1, 0.15) is 140 Å². The van der Waals surface area contributed by atoms with Crippen LogP contribution in [0.5, 0.6) is 0 Å². The zero-order chi connectivity index (χ0) is 110. The molecule has 0 aliphatic rings. The summed E-state index contributed by atoms with van der Waals surface area (Å²) in [4.78, 5) is 172. The highest BCUT2D eigenvalue weighted by atomic mass is 16.3. The van der Waals surface area contributed by atoms with Gasteiger partial charge in [0.15, 0.2) is 67.0 Å². The number of hydrogen-bond donors (Lipinski definition) is 12. The van der Waals surface area contributed by atoms with E-state index in [-0.39, 0.29) is 147 Å². The molecule has 0 radical (unpaired) electrons. The predicted molar refractivity (Wildman–Crippen MR) is 463 cm³/mol. The largest absolute Gasteiger partial charge is 0.394 e. The second-order valence-electron chi connectivity index (χ2n) is 28.8. The number of aryl methyl sites for hydroxylation is 12. The standard InChI is InChI=1S/6C13H20N4O4/c6*1-15-8-14-11-10(15)12(20)17(13(21)16(11)2)6-4-3-5-9(19)7-18/h6*8-9,18-19H,3-7H2,1-2H3/t3*9-;;;/m111.../s1/i5D2,7D2,9D;5D2,7D2;;5D2,7D2,9D;5D2,7D2;. The minimum Gasteiger partial charge on any atom is -0.394 e. The lowest BCUT2D eigenvalue weighted by atomic mass is 10.1. The molecule has 0 saturated carbocycles. The van der Waals surface area contributed by atoms with E-state index in [9.17, 15) is 98.4 Å². The van der Waals surface area contributed by atoms with E-state index in [4.69, 9.17) is 45.1 Å². The fourth-order valence-electron chi connectivity index (χ4n) is 13.1. The Hall–Kier alpha value is -11.6. The van der Waals surface area contributed by atoms with Crippen LogP contribution in [0.3, 0.4) is 0 Å². The molecule has 0 aliphatic carbocycles. The molecule has 0 amide bonds. The first-order chi connectivity index (χ1) is 66.1. The van der Waals surface area contributed by atoms with Gasteiger partial charge in [-0.3, -0.25) is 83.6 Å². The Morgan fingerprint density at radius 3 is 0.603 bits per heavy atom. The molecule has 12 aromatic rings. The molecule has 0 spiro atoms. The summed E-state index contributed by atoms with van der Waals surface area (Å²) in [6, 6.07) is 0. The zero-order valence-corrected chi connectivity index (χ0v) is 71.3. The van der Waals surface area contributed by atoms with Crippen molar-refractivity contribution in [2.24, 2.45) is 84.6 Å². The molecule has 0 aliphatic heterocycles. The van der Waals surface area contributed by atoms with Crippen molar-refractivity contribution < 1.29 is 86.0 Å². The maximum atomic E-state index is 12.5. The lowest BCUT2D eigenvalue weighted by Gasteiger charge is -2.09. The van der Waals surface area contributed by atoms with Gasteiger partial charge in [0.1, 0.15) is 0 Å². The highest BCUT2D eigenvalue weighted by Gasteiger charge is 2.22. The van der Waals surface area contributed by atoms with Crippen molar-refractivity contribution in [1.82, 2.24) is 112 Å². The highest BCUT2D eigenvalue weighted by molar-refractivity contribution is 5.73. The van der Waals surface area contributed by atoms with Crippen molar-refractivity contribution in [2.75, 3.05) is 39.4 Å². The molecule has 0 bridgehead atoms. The molecule has 0 saturated heterocycles. The van der Waals surface area contributed by atoms with Crippen molar-refractivity contribution in [2.45, 2.75) is 191 Å². The summed E-state index contributed by atoms with van der Waals surface area (Å²) in [6.07, 6.45) is -13.6. The molecule has 126 heavy (non-hydrogen) atoms. The van der Waals surface area contributed by atoms with Crippen LogP contribution in [0.15, 0.2) is 95.5 Å². The average Bonchev–Trinajstić information content (AvgIpc) is 1.75. The number of imidazole rings is 6. The average molecular weight is 1800 g/mol. The second kappa shape index (κ2) is 47.1. The van der Waals surface area contributed by atoms with Gasteiger partial charge in [-0.2, -0.15) is 0 Å². The Kier molecular flexibility index (Phi) is 28.7. The third-order valence-electron chi connectivity index (χ3n) is 19.9. The van der Waals surface area contributed by atoms with Gasteiger partial charge in [-0.15, -0.1) is 0 Å². The van der Waals surface area contributed by atoms with Gasteiger partial charge >= 0.3 is 34.1 Å². The van der Waals surface area contributed by atoms with Crippen LogP contribution in [0.4, 0.5) is 0 Å². The van der Waals surface area contributed by atoms with Gasteiger partial charge in [-0.05, 0) is 115 Å². The van der Waals surface area contributed by atoms with E-state index in [0.717, 1.165) is 18.3 Å². The number of unbranched alkanes of at least 4 members (excludes halogenated alkanes) is 2. The van der Waals surface area contributed by atoms with Gasteiger partial charge in [0.25, 0.3) is 33.4 Å². The van der Waals surface area contributed by atoms with E-state index in [1.54, 1.807) is 65.5 Å². The summed E-state index contributed by atoms with van der Waals surface area (Å²) in [5.41, 5.74) is -3.03. The number of aromatic nitrogens is 24. The molecule has 0 aromatic carbocycles. The van der Waals surface area contributed by atoms with E-state index in [2.05, 4.69) is 29.9 Å². The van der Waals surface area contributed by atoms with E-state index in [1.807, 2.05) is 0 Å². The van der Waals surface area contributed by atoms with Gasteiger partial charge in [0.2, 0.25) is 0 Å². The zero-order valence-electron chi connectivity index (χ0n) is 89.3. The molecule has 48 nitrogen and oxygen atoms in total. The summed E-state index contributed by atoms with van der Waals surface area (Å²) in [6.45, 7) is -13.8. The van der Waals surface area contributed by atoms with Crippen LogP contribution >= 0.6 is 0 Å². The molecule has 48 heteroatoms. The molecule has 6 atom stereocenters. The fraction of sp³-hybridized carbons (Fsp3) is 0.615. The van der Waals surface area contributed by atoms with Crippen molar-refractivity contribution >= 4 is 67.0 Å². The van der Waals surface area contributed by atoms with Crippen LogP contribution in [0.2, 0.25) is 0 Å². The number of hydrogen-bond acceptors (Lipinski definition) is 30. The Balaban J connectivity index is 0.000000235. The Morgan fingerprint density at radius 2 is 0.437 bits per heavy atom. The monoisotopic (exact) mass is 1800 g/mol. The first-order valence-electron chi connectivity index (χ1n) is 48.1. The predicted octanol–water partition coefficient (Wildman–Crippen LogP) is -6.26. The Labute approximate surface area is 741 Å². The quantitative estimate of drug-likeness (QED) is 0.0163. The first kappa shape index (κ1) is 76.8. The summed E-state index contributed by atoms with van der Waals surface area (Å²) < 4.78 is 155. The molecular formula is C78H120N24O24. The van der Waals surface area contributed by atoms with E-state index in [0.29, 0.717) is 60.9 Å². The van der Waals surface area contributed by atoms with E-state index >= 15 is 0 Å². The maximum Gasteiger partial charge on any atom is 0.332 e. The lowest BCUT2D eigenvalue weighted by Crippen LogP contribution is -2.39. The van der Waals surface area contributed by atoms with Gasteiger partial charge in [-0.1, -0.05) is 0 Å². The fourth-order valence-corrected chi connectivity index (χ4v) is 13.1. The van der Waals surface area contributed by atoms with Crippen molar-refractivity contribution in [3.8, 4) is 0 Å². The van der Waals surface area contributed by atoms with Gasteiger partial charge in [0, 0.05) is 135 Å². The topological polar surface area (TPSA) is 614 Å². The minimum absolute atomic E-state index is 0.0152. The maximum absolute atomic E-state index is 12.5. The Bertz CT molecular complexity index is 6960. The van der Waals surface area contributed by atoms with Gasteiger partial charge in [-0.25, -0.2) is 58.7 Å². The van der Waals surface area contributed by atoms with Crippen molar-refractivity contribution in [3.63, 3.8) is 0 Å². The van der Waals surface area contributed by atoms with E-state index in [1.165, 1.54) is 121 Å². The molecular weight excluding hydrogens is 1660 g/mol. The smallest absolute Gasteiger partial charge is 0.332 e. The summed E-state index contributed by atoms with van der Waals surface area (Å²) in [5.74, 6) is 0. The number of aliphatic hydroxyl groups is 12. The normalized spacial score (nSPS) is 16.5. The number of fused-ring (bicyclic) bond motifs is 6. The molecule has 12 rings (SSSR count). The number of rotatable bonds is 36. The van der Waals surface area contributed by atoms with Gasteiger partial charge < -0.3 is 88.7 Å². The summed E-state index contributed by atoms with van der Waals surface area (Å²) in [5, 5.41) is 111. The second-order valence-corrected chi connectivity index (χ2v) is 28.8. The highest BCUT2D eigenvalue weighted by Crippen LogP contribution is 2.13. The van der Waals surface area contributed by atoms with Crippen LogP contribution in [0, 0.1) is 0 Å². The van der Waals surface area contributed by atoms with Crippen LogP contribution < -0.4 is 67.5 Å². The lowest BCUT2D eigenvalue weighted by molar-refractivity contribution is 0.0858. The number of nitrogens with zero attached hydrogens (tertiary/aromatic N) is 24. The molecule has 696 valence electrons. The number of aliphatic hydroxyl groups excluding tert-OH is 6. The van der Waals surface area contributed by atoms with Gasteiger partial charge in [0.05, 0.1) is 128 Å².